The van der Waals surface area contributed by atoms with E-state index >= 15 is 0 Å². The summed E-state index contributed by atoms with van der Waals surface area (Å²) in [6, 6.07) is 10.9. The normalized spacial score (nSPS) is 24.2. The van der Waals surface area contributed by atoms with Gasteiger partial charge in [0.15, 0.2) is 0 Å². The van der Waals surface area contributed by atoms with Crippen LogP contribution in [0.1, 0.15) is 50.5 Å². The van der Waals surface area contributed by atoms with Gasteiger partial charge < -0.3 is 0 Å². The molecule has 0 bridgehead atoms. The molecular weight excluding hydrogens is 220 g/mol. The van der Waals surface area contributed by atoms with Crippen molar-refractivity contribution in [2.24, 2.45) is 0 Å². The molecule has 3 rings (SSSR count). The minimum absolute atomic E-state index is 0.451. The van der Waals surface area contributed by atoms with Crippen molar-refractivity contribution >= 4 is 0 Å². The van der Waals surface area contributed by atoms with E-state index in [1.807, 2.05) is 0 Å². The van der Waals surface area contributed by atoms with Crippen LogP contribution in [0.25, 0.3) is 0 Å². The molecule has 1 aromatic rings. The molecule has 2 heteroatoms. The third kappa shape index (κ3) is 2.45. The van der Waals surface area contributed by atoms with E-state index in [-0.39, 0.29) is 0 Å². The lowest BCUT2D eigenvalue weighted by molar-refractivity contribution is -0.0354. The molecule has 1 heterocycles. The number of benzene rings is 1. The molecule has 2 fully saturated rings. The molecule has 1 saturated heterocycles. The highest BCUT2D eigenvalue weighted by Crippen LogP contribution is 2.38. The SMILES string of the molecule is c1ccc(CN2NCCCC23CCCCC3)cc1. The van der Waals surface area contributed by atoms with Crippen LogP contribution in [0.5, 0.6) is 0 Å². The highest BCUT2D eigenvalue weighted by molar-refractivity contribution is 5.15. The molecule has 18 heavy (non-hydrogen) atoms. The number of rotatable bonds is 2. The van der Waals surface area contributed by atoms with Gasteiger partial charge >= 0.3 is 0 Å². The fourth-order valence-electron chi connectivity index (χ4n) is 3.65. The van der Waals surface area contributed by atoms with Gasteiger partial charge in [-0.15, -0.1) is 0 Å². The van der Waals surface area contributed by atoms with Crippen molar-refractivity contribution in [3.63, 3.8) is 0 Å². The molecular formula is C16H24N2. The topological polar surface area (TPSA) is 15.3 Å². The van der Waals surface area contributed by atoms with Crippen LogP contribution < -0.4 is 5.43 Å². The maximum atomic E-state index is 3.66. The highest BCUT2D eigenvalue weighted by Gasteiger charge is 2.39. The smallest absolute Gasteiger partial charge is 0.0388 e. The molecule has 1 aliphatic heterocycles. The van der Waals surface area contributed by atoms with Gasteiger partial charge in [0, 0.05) is 18.6 Å². The maximum Gasteiger partial charge on any atom is 0.0388 e. The lowest BCUT2D eigenvalue weighted by Gasteiger charge is -2.50. The monoisotopic (exact) mass is 244 g/mol. The van der Waals surface area contributed by atoms with Gasteiger partial charge in [-0.3, -0.25) is 5.43 Å². The minimum atomic E-state index is 0.451. The molecule has 98 valence electrons. The first-order valence-electron chi connectivity index (χ1n) is 7.44. The Morgan fingerprint density at radius 2 is 1.67 bits per heavy atom. The van der Waals surface area contributed by atoms with Crippen molar-refractivity contribution in [3.8, 4) is 0 Å². The summed E-state index contributed by atoms with van der Waals surface area (Å²) in [7, 11) is 0. The van der Waals surface area contributed by atoms with Crippen LogP contribution in [0.2, 0.25) is 0 Å². The molecule has 1 aromatic carbocycles. The summed E-state index contributed by atoms with van der Waals surface area (Å²) in [4.78, 5) is 0. The van der Waals surface area contributed by atoms with Crippen LogP contribution in [0.3, 0.4) is 0 Å². The Kier molecular flexibility index (Phi) is 3.67. The van der Waals surface area contributed by atoms with Crippen molar-refractivity contribution in [2.75, 3.05) is 6.54 Å². The van der Waals surface area contributed by atoms with E-state index in [9.17, 15) is 0 Å². The van der Waals surface area contributed by atoms with Gasteiger partial charge in [-0.25, -0.2) is 5.01 Å². The predicted molar refractivity (Wildman–Crippen MR) is 75.0 cm³/mol. The third-order valence-corrected chi connectivity index (χ3v) is 4.66. The fourth-order valence-corrected chi connectivity index (χ4v) is 3.65. The number of hydrazine groups is 1. The molecule has 1 spiro atoms. The summed E-state index contributed by atoms with van der Waals surface area (Å²) in [5.41, 5.74) is 5.54. The average Bonchev–Trinajstić information content (AvgIpc) is 2.44. The summed E-state index contributed by atoms with van der Waals surface area (Å²) in [5.74, 6) is 0. The number of hydrogen-bond acceptors (Lipinski definition) is 2. The summed E-state index contributed by atoms with van der Waals surface area (Å²) in [6.07, 6.45) is 9.73. The lowest BCUT2D eigenvalue weighted by Crippen LogP contribution is -2.59. The largest absolute Gasteiger partial charge is 0.254 e. The summed E-state index contributed by atoms with van der Waals surface area (Å²) < 4.78 is 0. The zero-order valence-corrected chi connectivity index (χ0v) is 11.2. The molecule has 2 nitrogen and oxygen atoms in total. The summed E-state index contributed by atoms with van der Waals surface area (Å²) in [6.45, 7) is 2.20. The predicted octanol–water partition coefficient (Wildman–Crippen LogP) is 3.49. The van der Waals surface area contributed by atoms with E-state index in [1.165, 1.54) is 50.5 Å². The molecule has 0 aromatic heterocycles. The molecule has 1 N–H and O–H groups in total. The second-order valence-corrected chi connectivity index (χ2v) is 5.87. The van der Waals surface area contributed by atoms with Gasteiger partial charge in [-0.05, 0) is 31.2 Å². The Hall–Kier alpha value is -0.860. The summed E-state index contributed by atoms with van der Waals surface area (Å²) in [5, 5.41) is 2.56. The number of hydrogen-bond donors (Lipinski definition) is 1. The summed E-state index contributed by atoms with van der Waals surface area (Å²) >= 11 is 0. The van der Waals surface area contributed by atoms with Gasteiger partial charge in [-0.2, -0.15) is 0 Å². The third-order valence-electron chi connectivity index (χ3n) is 4.66. The Morgan fingerprint density at radius 1 is 0.944 bits per heavy atom. The van der Waals surface area contributed by atoms with Crippen LogP contribution in [-0.4, -0.2) is 17.1 Å². The van der Waals surface area contributed by atoms with Crippen molar-refractivity contribution in [1.82, 2.24) is 10.4 Å². The van der Waals surface area contributed by atoms with Crippen LogP contribution in [0, 0.1) is 0 Å². The zero-order valence-electron chi connectivity index (χ0n) is 11.2. The molecule has 1 saturated carbocycles. The van der Waals surface area contributed by atoms with Crippen LogP contribution in [-0.2, 0) is 6.54 Å². The Balaban J connectivity index is 1.75. The van der Waals surface area contributed by atoms with Crippen LogP contribution in [0.15, 0.2) is 30.3 Å². The number of nitrogens with one attached hydrogen (secondary N) is 1. The van der Waals surface area contributed by atoms with Crippen LogP contribution >= 0.6 is 0 Å². The minimum Gasteiger partial charge on any atom is -0.254 e. The Morgan fingerprint density at radius 3 is 2.44 bits per heavy atom. The van der Waals surface area contributed by atoms with Gasteiger partial charge in [0.05, 0.1) is 0 Å². The first-order chi connectivity index (χ1) is 8.89. The molecule has 1 aliphatic carbocycles. The number of nitrogens with zero attached hydrogens (tertiary/aromatic N) is 1. The van der Waals surface area contributed by atoms with Crippen molar-refractivity contribution in [1.29, 1.82) is 0 Å². The first-order valence-corrected chi connectivity index (χ1v) is 7.44. The van der Waals surface area contributed by atoms with Gasteiger partial charge in [0.2, 0.25) is 0 Å². The fraction of sp³-hybridized carbons (Fsp3) is 0.625. The molecule has 2 aliphatic rings. The van der Waals surface area contributed by atoms with E-state index in [1.54, 1.807) is 0 Å². The lowest BCUT2D eigenvalue weighted by atomic mass is 9.77. The van der Waals surface area contributed by atoms with Gasteiger partial charge in [0.25, 0.3) is 0 Å². The maximum absolute atomic E-state index is 3.66. The first kappa shape index (κ1) is 12.2. The van der Waals surface area contributed by atoms with E-state index in [0.29, 0.717) is 5.54 Å². The average molecular weight is 244 g/mol. The molecule has 0 unspecified atom stereocenters. The molecule has 0 amide bonds. The zero-order chi connectivity index (χ0) is 12.3. The highest BCUT2D eigenvalue weighted by atomic mass is 15.5. The van der Waals surface area contributed by atoms with E-state index in [2.05, 4.69) is 40.8 Å². The van der Waals surface area contributed by atoms with Crippen molar-refractivity contribution in [3.05, 3.63) is 35.9 Å². The second kappa shape index (κ2) is 5.41. The van der Waals surface area contributed by atoms with E-state index in [4.69, 9.17) is 0 Å². The van der Waals surface area contributed by atoms with E-state index < -0.39 is 0 Å². The van der Waals surface area contributed by atoms with Gasteiger partial charge in [0.1, 0.15) is 0 Å². The standard InChI is InChI=1S/C16H24N2/c1-3-8-15(9-4-1)14-18-16(12-7-13-17-18)10-5-2-6-11-16/h1,3-4,8-9,17H,2,5-7,10-14H2. The Bertz CT molecular complexity index is 360. The van der Waals surface area contributed by atoms with Gasteiger partial charge in [-0.1, -0.05) is 49.6 Å². The molecule has 0 radical (unpaired) electrons. The quantitative estimate of drug-likeness (QED) is 0.856. The second-order valence-electron chi connectivity index (χ2n) is 5.87. The Labute approximate surface area is 110 Å². The molecule has 0 atom stereocenters. The van der Waals surface area contributed by atoms with E-state index in [0.717, 1.165) is 13.1 Å². The van der Waals surface area contributed by atoms with Crippen molar-refractivity contribution < 1.29 is 0 Å². The van der Waals surface area contributed by atoms with Crippen LogP contribution in [0.4, 0.5) is 0 Å². The van der Waals surface area contributed by atoms with Crippen molar-refractivity contribution in [2.45, 2.75) is 57.0 Å².